The lowest BCUT2D eigenvalue weighted by Crippen LogP contribution is -2.64. The molecule has 132 valence electrons. The highest BCUT2D eigenvalue weighted by Gasteiger charge is 2.56. The van der Waals surface area contributed by atoms with Crippen molar-refractivity contribution in [3.63, 3.8) is 0 Å². The highest BCUT2D eigenvalue weighted by molar-refractivity contribution is 6.62. The summed E-state index contributed by atoms with van der Waals surface area (Å²) in [6.45, 7) is 0.323. The van der Waals surface area contributed by atoms with Crippen LogP contribution in [0.25, 0.3) is 0 Å². The van der Waals surface area contributed by atoms with Gasteiger partial charge < -0.3 is 28.5 Å². The van der Waals surface area contributed by atoms with Crippen LogP contribution in [0.3, 0.4) is 0 Å². The lowest BCUT2D eigenvalue weighted by atomic mass is 9.76. The number of rotatable bonds is 2. The third-order valence-electron chi connectivity index (χ3n) is 4.99. The first kappa shape index (κ1) is 16.5. The minimum absolute atomic E-state index is 0.323. The van der Waals surface area contributed by atoms with Crippen molar-refractivity contribution in [3.8, 4) is 0 Å². The number of hydrogen-bond acceptors (Lipinski definition) is 6. The fourth-order valence-electron chi connectivity index (χ4n) is 3.66. The summed E-state index contributed by atoms with van der Waals surface area (Å²) in [6.07, 6.45) is -3.03. The molecular formula is C18H18B2O6. The van der Waals surface area contributed by atoms with Crippen molar-refractivity contribution in [1.29, 1.82) is 0 Å². The minimum Gasteiger partial charge on any atom is -0.404 e. The number of benzene rings is 2. The smallest absolute Gasteiger partial charge is 0.404 e. The molecule has 2 aromatic rings. The second-order valence-corrected chi connectivity index (χ2v) is 6.69. The summed E-state index contributed by atoms with van der Waals surface area (Å²) in [4.78, 5) is 0. The Kier molecular flexibility index (Phi) is 4.32. The predicted octanol–water partition coefficient (Wildman–Crippen LogP) is -0.306. The van der Waals surface area contributed by atoms with Crippen LogP contribution in [0.1, 0.15) is 0 Å². The zero-order valence-corrected chi connectivity index (χ0v) is 14.0. The Bertz CT molecular complexity index is 710. The first-order valence-corrected chi connectivity index (χ1v) is 8.81. The van der Waals surface area contributed by atoms with Crippen molar-refractivity contribution in [1.82, 2.24) is 0 Å². The Hall–Kier alpha value is -1.67. The van der Waals surface area contributed by atoms with E-state index in [0.717, 1.165) is 10.9 Å². The predicted molar refractivity (Wildman–Crippen MR) is 95.1 cm³/mol. The number of fused-ring (bicyclic) bond motifs is 2. The Labute approximate surface area is 152 Å². The molecular weight excluding hydrogens is 334 g/mol. The zero-order chi connectivity index (χ0) is 17.5. The van der Waals surface area contributed by atoms with Crippen molar-refractivity contribution < 1.29 is 28.5 Å². The quantitative estimate of drug-likeness (QED) is 0.749. The fourth-order valence-corrected chi connectivity index (χ4v) is 3.66. The van der Waals surface area contributed by atoms with Crippen molar-refractivity contribution in [2.24, 2.45) is 0 Å². The summed E-state index contributed by atoms with van der Waals surface area (Å²) in [6, 6.07) is 19.3. The lowest BCUT2D eigenvalue weighted by Gasteiger charge is -2.44. The van der Waals surface area contributed by atoms with Gasteiger partial charge >= 0.3 is 14.2 Å². The molecule has 1 N–H and O–H groups in total. The molecule has 0 radical (unpaired) electrons. The summed E-state index contributed by atoms with van der Waals surface area (Å²) in [5.74, 6) is 0. The zero-order valence-electron chi connectivity index (χ0n) is 14.0. The SMILES string of the molecule is O[C@@H]1[C@H]2OB(c3ccccc3)O[C@H]2O[C@@H]2COB(c3ccccc3)O[C@@H]12. The van der Waals surface area contributed by atoms with Crippen LogP contribution in [-0.4, -0.2) is 56.7 Å². The second kappa shape index (κ2) is 6.81. The van der Waals surface area contributed by atoms with Crippen LogP contribution in [0, 0.1) is 0 Å². The van der Waals surface area contributed by atoms with Crippen LogP contribution in [0.2, 0.25) is 0 Å². The third-order valence-corrected chi connectivity index (χ3v) is 4.99. The first-order valence-electron chi connectivity index (χ1n) is 8.81. The van der Waals surface area contributed by atoms with Gasteiger partial charge in [-0.3, -0.25) is 0 Å². The molecule has 0 bridgehead atoms. The number of hydrogen-bond donors (Lipinski definition) is 1. The van der Waals surface area contributed by atoms with Crippen LogP contribution in [-0.2, 0) is 23.4 Å². The highest BCUT2D eigenvalue weighted by Crippen LogP contribution is 2.33. The van der Waals surface area contributed by atoms with Gasteiger partial charge in [0.2, 0.25) is 0 Å². The summed E-state index contributed by atoms with van der Waals surface area (Å²) in [5, 5.41) is 10.8. The van der Waals surface area contributed by atoms with Crippen LogP contribution >= 0.6 is 0 Å². The average molecular weight is 352 g/mol. The van der Waals surface area contributed by atoms with E-state index in [1.807, 2.05) is 60.7 Å². The minimum atomic E-state index is -0.859. The van der Waals surface area contributed by atoms with Gasteiger partial charge in [-0.05, 0) is 10.9 Å². The molecule has 6 nitrogen and oxygen atoms in total. The van der Waals surface area contributed by atoms with E-state index in [1.165, 1.54) is 0 Å². The van der Waals surface area contributed by atoms with Gasteiger partial charge in [0.05, 0.1) is 6.61 Å². The Balaban J connectivity index is 1.33. The molecule has 26 heavy (non-hydrogen) atoms. The number of ether oxygens (including phenoxy) is 1. The maximum Gasteiger partial charge on any atom is 0.496 e. The number of aliphatic hydroxyl groups excluding tert-OH is 1. The lowest BCUT2D eigenvalue weighted by molar-refractivity contribution is -0.256. The van der Waals surface area contributed by atoms with E-state index in [-0.39, 0.29) is 0 Å². The molecule has 3 aliphatic rings. The van der Waals surface area contributed by atoms with Gasteiger partial charge in [-0.2, -0.15) is 0 Å². The Morgan fingerprint density at radius 3 is 2.08 bits per heavy atom. The molecule has 0 saturated carbocycles. The molecule has 3 heterocycles. The van der Waals surface area contributed by atoms with E-state index < -0.39 is 44.9 Å². The third kappa shape index (κ3) is 2.89. The summed E-state index contributed by atoms with van der Waals surface area (Å²) >= 11 is 0. The molecule has 8 heteroatoms. The van der Waals surface area contributed by atoms with E-state index in [2.05, 4.69) is 0 Å². The summed E-state index contributed by atoms with van der Waals surface area (Å²) < 4.78 is 29.6. The molecule has 0 aliphatic carbocycles. The van der Waals surface area contributed by atoms with Crippen molar-refractivity contribution in [3.05, 3.63) is 60.7 Å². The largest absolute Gasteiger partial charge is 0.496 e. The molecule has 0 amide bonds. The molecule has 0 aromatic heterocycles. The topological polar surface area (TPSA) is 66.4 Å². The van der Waals surface area contributed by atoms with E-state index in [4.69, 9.17) is 23.4 Å². The second-order valence-electron chi connectivity index (χ2n) is 6.69. The van der Waals surface area contributed by atoms with Crippen LogP contribution in [0.15, 0.2) is 60.7 Å². The van der Waals surface area contributed by atoms with Crippen molar-refractivity contribution in [2.45, 2.75) is 30.7 Å². The van der Waals surface area contributed by atoms with Gasteiger partial charge in [0.25, 0.3) is 0 Å². The first-order chi connectivity index (χ1) is 12.8. The van der Waals surface area contributed by atoms with Gasteiger partial charge in [0, 0.05) is 0 Å². The highest BCUT2D eigenvalue weighted by atomic mass is 16.8. The summed E-state index contributed by atoms with van der Waals surface area (Å²) in [5.41, 5.74) is 1.80. The van der Waals surface area contributed by atoms with E-state index in [9.17, 15) is 5.11 Å². The fraction of sp³-hybridized carbons (Fsp3) is 0.333. The van der Waals surface area contributed by atoms with Gasteiger partial charge in [-0.25, -0.2) is 0 Å². The molecule has 5 atom stereocenters. The van der Waals surface area contributed by atoms with Gasteiger partial charge in [0.15, 0.2) is 6.29 Å². The standard InChI is InChI=1S/C18H18B2O6/c21-15-16-14(11-22-19(24-16)12-7-3-1-4-8-12)23-18-17(15)25-20(26-18)13-9-5-2-6-10-13/h1-10,14-18,21H,11H2/t14-,15+,16-,17-,18-/m1/s1. The van der Waals surface area contributed by atoms with E-state index in [0.29, 0.717) is 6.61 Å². The number of aliphatic hydroxyl groups is 1. The van der Waals surface area contributed by atoms with Gasteiger partial charge in [-0.1, -0.05) is 60.7 Å². The molecule has 0 unspecified atom stereocenters. The van der Waals surface area contributed by atoms with E-state index in [1.54, 1.807) is 0 Å². The molecule has 3 saturated heterocycles. The normalized spacial score (nSPS) is 33.7. The van der Waals surface area contributed by atoms with Crippen LogP contribution < -0.4 is 10.9 Å². The Morgan fingerprint density at radius 2 is 1.38 bits per heavy atom. The average Bonchev–Trinajstić information content (AvgIpc) is 3.14. The molecule has 3 aliphatic heterocycles. The maximum atomic E-state index is 10.8. The summed E-state index contributed by atoms with van der Waals surface area (Å²) in [7, 11) is -1.09. The van der Waals surface area contributed by atoms with Gasteiger partial charge in [-0.15, -0.1) is 0 Å². The molecule has 5 rings (SSSR count). The van der Waals surface area contributed by atoms with Crippen molar-refractivity contribution in [2.75, 3.05) is 6.61 Å². The molecule has 2 aromatic carbocycles. The van der Waals surface area contributed by atoms with Gasteiger partial charge in [0.1, 0.15) is 24.4 Å². The molecule has 3 fully saturated rings. The van der Waals surface area contributed by atoms with Crippen molar-refractivity contribution >= 4 is 25.2 Å². The molecule has 0 spiro atoms. The Morgan fingerprint density at radius 1 is 0.769 bits per heavy atom. The maximum absolute atomic E-state index is 10.8. The van der Waals surface area contributed by atoms with Crippen LogP contribution in [0.4, 0.5) is 0 Å². The van der Waals surface area contributed by atoms with E-state index >= 15 is 0 Å². The monoisotopic (exact) mass is 352 g/mol. The van der Waals surface area contributed by atoms with Crippen LogP contribution in [0.5, 0.6) is 0 Å².